The van der Waals surface area contributed by atoms with E-state index in [0.717, 1.165) is 42.7 Å². The van der Waals surface area contributed by atoms with Crippen molar-refractivity contribution in [3.8, 4) is 16.6 Å². The van der Waals surface area contributed by atoms with Crippen LogP contribution in [0.15, 0.2) is 59.6 Å². The third-order valence-corrected chi connectivity index (χ3v) is 9.69. The molecule has 2 saturated carbocycles. The largest absolute Gasteiger partial charge is 0.328 e. The van der Waals surface area contributed by atoms with E-state index < -0.39 is 9.84 Å². The van der Waals surface area contributed by atoms with Crippen LogP contribution in [0.5, 0.6) is 0 Å². The molecule has 0 aliphatic heterocycles. The lowest BCUT2D eigenvalue weighted by molar-refractivity contribution is 0.340. The zero-order valence-electron chi connectivity index (χ0n) is 18.9. The second-order valence-corrected chi connectivity index (χ2v) is 12.4. The molecule has 2 fully saturated rings. The summed E-state index contributed by atoms with van der Waals surface area (Å²) in [6.45, 7) is 0. The van der Waals surface area contributed by atoms with Crippen molar-refractivity contribution in [3.05, 3.63) is 70.7 Å². The first kappa shape index (κ1) is 23.2. The monoisotopic (exact) mass is 492 g/mol. The SMILES string of the molecule is N#Cc1ccccc1S(=O)(=O)Cc1cccc(-c2ncc([C@H]3C[C@@H]3NC3CCC(N)CC3)s2)c1. The summed E-state index contributed by atoms with van der Waals surface area (Å²) < 4.78 is 25.9. The van der Waals surface area contributed by atoms with Crippen LogP contribution in [0.3, 0.4) is 0 Å². The van der Waals surface area contributed by atoms with E-state index in [9.17, 15) is 13.7 Å². The van der Waals surface area contributed by atoms with Crippen LogP contribution >= 0.6 is 11.3 Å². The van der Waals surface area contributed by atoms with Crippen molar-refractivity contribution in [1.29, 1.82) is 5.26 Å². The number of thiazole rings is 1. The molecule has 0 saturated heterocycles. The molecule has 5 rings (SSSR count). The van der Waals surface area contributed by atoms with Gasteiger partial charge in [-0.2, -0.15) is 5.26 Å². The molecule has 0 unspecified atom stereocenters. The Morgan fingerprint density at radius 2 is 1.91 bits per heavy atom. The molecule has 1 heterocycles. The zero-order chi connectivity index (χ0) is 23.7. The van der Waals surface area contributed by atoms with Crippen LogP contribution in [0.2, 0.25) is 0 Å². The first-order chi connectivity index (χ1) is 16.4. The summed E-state index contributed by atoms with van der Waals surface area (Å²) in [4.78, 5) is 6.00. The molecule has 0 radical (unpaired) electrons. The average Bonchev–Trinajstić information content (AvgIpc) is 3.42. The molecule has 176 valence electrons. The van der Waals surface area contributed by atoms with Crippen LogP contribution in [-0.4, -0.2) is 31.5 Å². The minimum atomic E-state index is -3.63. The van der Waals surface area contributed by atoms with Crippen LogP contribution in [0.1, 0.15) is 54.0 Å². The lowest BCUT2D eigenvalue weighted by atomic mass is 9.92. The Morgan fingerprint density at radius 1 is 1.12 bits per heavy atom. The van der Waals surface area contributed by atoms with E-state index in [0.29, 0.717) is 29.6 Å². The number of nitrogens with one attached hydrogen (secondary N) is 1. The quantitative estimate of drug-likeness (QED) is 0.507. The molecule has 1 aromatic heterocycles. The van der Waals surface area contributed by atoms with Gasteiger partial charge in [0.25, 0.3) is 0 Å². The van der Waals surface area contributed by atoms with Crippen molar-refractivity contribution >= 4 is 21.2 Å². The number of rotatable bonds is 7. The average molecular weight is 493 g/mol. The third-order valence-electron chi connectivity index (χ3n) is 6.77. The van der Waals surface area contributed by atoms with Crippen molar-refractivity contribution in [3.63, 3.8) is 0 Å². The van der Waals surface area contributed by atoms with Crippen LogP contribution in [0.4, 0.5) is 0 Å². The third kappa shape index (κ3) is 5.08. The van der Waals surface area contributed by atoms with E-state index in [-0.39, 0.29) is 16.2 Å². The summed E-state index contributed by atoms with van der Waals surface area (Å²) in [6.07, 6.45) is 7.64. The van der Waals surface area contributed by atoms with Crippen LogP contribution in [-0.2, 0) is 15.6 Å². The van der Waals surface area contributed by atoms with E-state index in [1.54, 1.807) is 23.5 Å². The summed E-state index contributed by atoms with van der Waals surface area (Å²) in [6, 6.07) is 17.3. The van der Waals surface area contributed by atoms with Gasteiger partial charge in [0.15, 0.2) is 9.84 Å². The highest BCUT2D eigenvalue weighted by molar-refractivity contribution is 7.90. The lowest BCUT2D eigenvalue weighted by Crippen LogP contribution is -2.38. The number of benzene rings is 2. The van der Waals surface area contributed by atoms with Gasteiger partial charge in [0, 0.05) is 40.7 Å². The molecule has 2 aliphatic rings. The van der Waals surface area contributed by atoms with Crippen molar-refractivity contribution in [2.24, 2.45) is 5.73 Å². The van der Waals surface area contributed by atoms with Crippen molar-refractivity contribution in [2.75, 3.05) is 0 Å². The Labute approximate surface area is 204 Å². The van der Waals surface area contributed by atoms with Crippen molar-refractivity contribution in [1.82, 2.24) is 10.3 Å². The highest BCUT2D eigenvalue weighted by atomic mass is 32.2. The van der Waals surface area contributed by atoms with Gasteiger partial charge in [0.2, 0.25) is 0 Å². The van der Waals surface area contributed by atoms with E-state index in [4.69, 9.17) is 5.73 Å². The number of nitrogens with two attached hydrogens (primary N) is 1. The molecule has 3 aromatic rings. The normalized spacial score (nSPS) is 24.5. The summed E-state index contributed by atoms with van der Waals surface area (Å²) in [5.41, 5.74) is 7.80. The Bertz CT molecular complexity index is 1320. The van der Waals surface area contributed by atoms with Gasteiger partial charge in [-0.05, 0) is 55.9 Å². The van der Waals surface area contributed by atoms with Gasteiger partial charge in [0.1, 0.15) is 11.1 Å². The minimum Gasteiger partial charge on any atom is -0.328 e. The number of aromatic nitrogens is 1. The topological polar surface area (TPSA) is 109 Å². The van der Waals surface area contributed by atoms with E-state index in [2.05, 4.69) is 10.3 Å². The van der Waals surface area contributed by atoms with Crippen LogP contribution in [0.25, 0.3) is 10.6 Å². The number of nitrogens with zero attached hydrogens (tertiary/aromatic N) is 2. The fraction of sp³-hybridized carbons (Fsp3) is 0.385. The smallest absolute Gasteiger partial charge is 0.183 e. The van der Waals surface area contributed by atoms with Gasteiger partial charge in [-0.1, -0.05) is 30.3 Å². The molecule has 2 atom stereocenters. The Balaban J connectivity index is 1.26. The maximum Gasteiger partial charge on any atom is 0.183 e. The summed E-state index contributed by atoms with van der Waals surface area (Å²) in [5.74, 6) is 0.352. The van der Waals surface area contributed by atoms with Gasteiger partial charge < -0.3 is 11.1 Å². The fourth-order valence-electron chi connectivity index (χ4n) is 4.80. The highest BCUT2D eigenvalue weighted by Gasteiger charge is 2.41. The molecule has 3 N–H and O–H groups in total. The molecule has 0 spiro atoms. The van der Waals surface area contributed by atoms with Crippen LogP contribution in [0, 0.1) is 11.3 Å². The van der Waals surface area contributed by atoms with E-state index in [1.807, 2.05) is 36.5 Å². The van der Waals surface area contributed by atoms with Gasteiger partial charge in [-0.15, -0.1) is 11.3 Å². The number of sulfone groups is 1. The maximum absolute atomic E-state index is 13.0. The van der Waals surface area contributed by atoms with Gasteiger partial charge >= 0.3 is 0 Å². The van der Waals surface area contributed by atoms with Gasteiger partial charge in [-0.25, -0.2) is 13.4 Å². The molecular formula is C26H28N4O2S2. The van der Waals surface area contributed by atoms with Gasteiger partial charge in [0.05, 0.1) is 16.2 Å². The predicted octanol–water partition coefficient (Wildman–Crippen LogP) is 4.37. The van der Waals surface area contributed by atoms with Crippen LogP contribution < -0.4 is 11.1 Å². The van der Waals surface area contributed by atoms with Crippen molar-refractivity contribution < 1.29 is 8.42 Å². The van der Waals surface area contributed by atoms with E-state index >= 15 is 0 Å². The number of hydrogen-bond donors (Lipinski definition) is 2. The molecule has 8 heteroatoms. The summed E-state index contributed by atoms with van der Waals surface area (Å²) in [5, 5.41) is 14.0. The standard InChI is InChI=1S/C26H28N4O2S2/c27-14-19-5-1-2-7-25(19)34(31,32)16-17-4-3-6-18(12-17)26-29-15-24(33-26)22-13-23(22)30-21-10-8-20(28)9-11-21/h1-7,12,15,20-23,30H,8-11,13,16,28H2/t20?,21?,22-,23-/m0/s1. The molecule has 0 bridgehead atoms. The van der Waals surface area contributed by atoms with E-state index in [1.165, 1.54) is 17.0 Å². The second kappa shape index (κ2) is 9.59. The Morgan fingerprint density at radius 3 is 2.71 bits per heavy atom. The summed E-state index contributed by atoms with van der Waals surface area (Å²) >= 11 is 1.69. The first-order valence-corrected chi connectivity index (χ1v) is 14.2. The molecule has 34 heavy (non-hydrogen) atoms. The molecular weight excluding hydrogens is 464 g/mol. The molecule has 2 aliphatic carbocycles. The Kier molecular flexibility index (Phi) is 6.54. The maximum atomic E-state index is 13.0. The minimum absolute atomic E-state index is 0.0756. The summed E-state index contributed by atoms with van der Waals surface area (Å²) in [7, 11) is -3.63. The van der Waals surface area contributed by atoms with Gasteiger partial charge in [-0.3, -0.25) is 0 Å². The Hall–Kier alpha value is -2.57. The molecule has 6 nitrogen and oxygen atoms in total. The molecule has 0 amide bonds. The number of hydrogen-bond acceptors (Lipinski definition) is 7. The fourth-order valence-corrected chi connectivity index (χ4v) is 7.39. The second-order valence-electron chi connectivity index (χ2n) is 9.36. The zero-order valence-corrected chi connectivity index (χ0v) is 20.5. The first-order valence-electron chi connectivity index (χ1n) is 11.7. The number of nitriles is 1. The highest BCUT2D eigenvalue weighted by Crippen LogP contribution is 2.45. The molecule has 2 aromatic carbocycles. The predicted molar refractivity (Wildman–Crippen MR) is 134 cm³/mol. The van der Waals surface area contributed by atoms with Crippen molar-refractivity contribution in [2.45, 2.75) is 66.8 Å². The lowest BCUT2D eigenvalue weighted by Gasteiger charge is -2.27.